The molecule has 0 aliphatic carbocycles. The van der Waals surface area contributed by atoms with E-state index in [9.17, 15) is 9.59 Å². The van der Waals surface area contributed by atoms with E-state index in [1.165, 1.54) is 0 Å². The number of amides is 1. The molecule has 2 rings (SSSR count). The number of aromatic nitrogens is 2. The molecule has 1 fully saturated rings. The largest absolute Gasteiger partial charge is 0.466 e. The smallest absolute Gasteiger partial charge is 0.310 e. The van der Waals surface area contributed by atoms with E-state index in [2.05, 4.69) is 10.4 Å². The molecular weight excluding hydrogens is 312 g/mol. The molecule has 1 N–H and O–H groups in total. The van der Waals surface area contributed by atoms with E-state index in [0.29, 0.717) is 32.0 Å². The Hall–Kier alpha value is -1.93. The number of anilines is 1. The van der Waals surface area contributed by atoms with E-state index >= 15 is 0 Å². The summed E-state index contributed by atoms with van der Waals surface area (Å²) >= 11 is 0. The summed E-state index contributed by atoms with van der Waals surface area (Å²) in [5.74, 6) is -0.406. The van der Waals surface area contributed by atoms with Gasteiger partial charge in [-0.25, -0.2) is 0 Å². The molecule has 8 nitrogen and oxygen atoms in total. The molecule has 1 aliphatic rings. The van der Waals surface area contributed by atoms with E-state index < -0.39 is 0 Å². The minimum absolute atomic E-state index is 0.106. The summed E-state index contributed by atoms with van der Waals surface area (Å²) in [5, 5.41) is 6.99. The first-order valence-corrected chi connectivity index (χ1v) is 8.32. The second kappa shape index (κ2) is 9.39. The van der Waals surface area contributed by atoms with Gasteiger partial charge in [0.15, 0.2) is 0 Å². The summed E-state index contributed by atoms with van der Waals surface area (Å²) in [6.07, 6.45) is 5.11. The SMILES string of the molecule is CCOC(=O)C1CCCN(CC(=O)Nc2cnn(CCOC)c2)C1. The number of ether oxygens (including phenoxy) is 2. The van der Waals surface area contributed by atoms with Gasteiger partial charge < -0.3 is 14.8 Å². The van der Waals surface area contributed by atoms with Crippen molar-refractivity contribution in [1.29, 1.82) is 0 Å². The molecule has 0 spiro atoms. The van der Waals surface area contributed by atoms with Gasteiger partial charge in [0.2, 0.25) is 5.91 Å². The van der Waals surface area contributed by atoms with Crippen molar-refractivity contribution in [2.24, 2.45) is 5.92 Å². The van der Waals surface area contributed by atoms with E-state index in [0.717, 1.165) is 19.4 Å². The van der Waals surface area contributed by atoms with Crippen molar-refractivity contribution in [1.82, 2.24) is 14.7 Å². The van der Waals surface area contributed by atoms with E-state index in [1.54, 1.807) is 31.1 Å². The van der Waals surface area contributed by atoms with Crippen molar-refractivity contribution in [3.8, 4) is 0 Å². The lowest BCUT2D eigenvalue weighted by Gasteiger charge is -2.30. The first-order valence-electron chi connectivity index (χ1n) is 8.32. The van der Waals surface area contributed by atoms with Crippen molar-refractivity contribution in [2.45, 2.75) is 26.3 Å². The first-order chi connectivity index (χ1) is 11.6. The maximum absolute atomic E-state index is 12.2. The van der Waals surface area contributed by atoms with Crippen LogP contribution in [0.2, 0.25) is 0 Å². The van der Waals surface area contributed by atoms with Crippen LogP contribution in [0, 0.1) is 5.92 Å². The Labute approximate surface area is 142 Å². The summed E-state index contributed by atoms with van der Waals surface area (Å²) in [5.41, 5.74) is 0.662. The molecule has 1 aromatic rings. The molecule has 0 aromatic carbocycles. The number of carbonyl (C=O) groups is 2. The average molecular weight is 338 g/mol. The van der Waals surface area contributed by atoms with Crippen LogP contribution < -0.4 is 5.32 Å². The summed E-state index contributed by atoms with van der Waals surface area (Å²) < 4.78 is 11.8. The van der Waals surface area contributed by atoms with Gasteiger partial charge in [-0.05, 0) is 26.3 Å². The van der Waals surface area contributed by atoms with Crippen LogP contribution in [0.5, 0.6) is 0 Å². The Morgan fingerprint density at radius 3 is 3.04 bits per heavy atom. The summed E-state index contributed by atoms with van der Waals surface area (Å²) in [6.45, 7) is 5.05. The monoisotopic (exact) mass is 338 g/mol. The first kappa shape index (κ1) is 18.4. The van der Waals surface area contributed by atoms with Gasteiger partial charge in [-0.3, -0.25) is 19.2 Å². The molecule has 2 heterocycles. The molecule has 1 amide bonds. The maximum Gasteiger partial charge on any atom is 0.310 e. The fourth-order valence-corrected chi connectivity index (χ4v) is 2.79. The normalized spacial score (nSPS) is 18.3. The molecule has 8 heteroatoms. The van der Waals surface area contributed by atoms with Crippen LogP contribution in [0.3, 0.4) is 0 Å². The van der Waals surface area contributed by atoms with Gasteiger partial charge in [0.1, 0.15) is 0 Å². The highest BCUT2D eigenvalue weighted by atomic mass is 16.5. The molecule has 0 saturated carbocycles. The summed E-state index contributed by atoms with van der Waals surface area (Å²) in [7, 11) is 1.63. The Kier molecular flexibility index (Phi) is 7.20. The highest BCUT2D eigenvalue weighted by Crippen LogP contribution is 2.18. The van der Waals surface area contributed by atoms with E-state index in [1.807, 2.05) is 4.90 Å². The standard InChI is InChI=1S/C16H26N4O4/c1-3-24-16(22)13-5-4-6-19(10-13)12-15(21)18-14-9-17-20(11-14)7-8-23-2/h9,11,13H,3-8,10,12H2,1-2H3,(H,18,21). The molecule has 1 aliphatic heterocycles. The second-order valence-electron chi connectivity index (χ2n) is 5.86. The van der Waals surface area contributed by atoms with Crippen molar-refractivity contribution in [2.75, 3.05) is 45.3 Å². The van der Waals surface area contributed by atoms with Crippen molar-refractivity contribution < 1.29 is 19.1 Å². The number of hydrogen-bond acceptors (Lipinski definition) is 6. The number of methoxy groups -OCH3 is 1. The number of piperidine rings is 1. The predicted octanol–water partition coefficient (Wildman–Crippen LogP) is 0.743. The van der Waals surface area contributed by atoms with Crippen LogP contribution in [0.4, 0.5) is 5.69 Å². The van der Waals surface area contributed by atoms with Crippen molar-refractivity contribution >= 4 is 17.6 Å². The predicted molar refractivity (Wildman–Crippen MR) is 88.5 cm³/mol. The molecule has 24 heavy (non-hydrogen) atoms. The number of nitrogens with zero attached hydrogens (tertiary/aromatic N) is 3. The molecule has 0 radical (unpaired) electrons. The number of esters is 1. The van der Waals surface area contributed by atoms with Crippen molar-refractivity contribution in [3.05, 3.63) is 12.4 Å². The Morgan fingerprint density at radius 2 is 2.29 bits per heavy atom. The van der Waals surface area contributed by atoms with Gasteiger partial charge in [-0.2, -0.15) is 5.10 Å². The van der Waals surface area contributed by atoms with E-state index in [4.69, 9.17) is 9.47 Å². The number of rotatable bonds is 8. The molecule has 1 saturated heterocycles. The minimum Gasteiger partial charge on any atom is -0.466 e. The lowest BCUT2D eigenvalue weighted by molar-refractivity contribution is -0.150. The zero-order chi connectivity index (χ0) is 17.4. The molecule has 134 valence electrons. The molecule has 1 atom stereocenters. The second-order valence-corrected chi connectivity index (χ2v) is 5.86. The van der Waals surface area contributed by atoms with Gasteiger partial charge in [0, 0.05) is 19.9 Å². The van der Waals surface area contributed by atoms with Crippen LogP contribution in [0.15, 0.2) is 12.4 Å². The summed E-state index contributed by atoms with van der Waals surface area (Å²) in [6, 6.07) is 0. The number of hydrogen-bond donors (Lipinski definition) is 1. The fraction of sp³-hybridized carbons (Fsp3) is 0.688. The number of likely N-dealkylation sites (tertiary alicyclic amines) is 1. The van der Waals surface area contributed by atoms with Crippen LogP contribution in [-0.4, -0.2) is 66.5 Å². The van der Waals surface area contributed by atoms with Gasteiger partial charge in [0.05, 0.1) is 44.1 Å². The minimum atomic E-state index is -0.165. The van der Waals surface area contributed by atoms with Crippen molar-refractivity contribution in [3.63, 3.8) is 0 Å². The molecule has 1 unspecified atom stereocenters. The van der Waals surface area contributed by atoms with Gasteiger partial charge in [-0.1, -0.05) is 0 Å². The number of nitrogens with one attached hydrogen (secondary N) is 1. The maximum atomic E-state index is 12.2. The molecule has 1 aromatic heterocycles. The van der Waals surface area contributed by atoms with Crippen LogP contribution in [-0.2, 0) is 25.6 Å². The quantitative estimate of drug-likeness (QED) is 0.704. The fourth-order valence-electron chi connectivity index (χ4n) is 2.79. The molecule has 0 bridgehead atoms. The Balaban J connectivity index is 1.79. The third-order valence-electron chi connectivity index (χ3n) is 3.93. The third-order valence-corrected chi connectivity index (χ3v) is 3.93. The zero-order valence-electron chi connectivity index (χ0n) is 14.4. The highest BCUT2D eigenvalue weighted by Gasteiger charge is 2.27. The lowest BCUT2D eigenvalue weighted by Crippen LogP contribution is -2.43. The van der Waals surface area contributed by atoms with Crippen LogP contribution in [0.1, 0.15) is 19.8 Å². The Morgan fingerprint density at radius 1 is 1.46 bits per heavy atom. The Bertz CT molecular complexity index is 546. The topological polar surface area (TPSA) is 85.7 Å². The van der Waals surface area contributed by atoms with Gasteiger partial charge in [0.25, 0.3) is 0 Å². The van der Waals surface area contributed by atoms with Gasteiger partial charge >= 0.3 is 5.97 Å². The van der Waals surface area contributed by atoms with E-state index in [-0.39, 0.29) is 24.3 Å². The average Bonchev–Trinajstić information content (AvgIpc) is 3.00. The lowest BCUT2D eigenvalue weighted by atomic mass is 9.98. The number of carbonyl (C=O) groups excluding carboxylic acids is 2. The molecular formula is C16H26N4O4. The van der Waals surface area contributed by atoms with Crippen LogP contribution in [0.25, 0.3) is 0 Å². The van der Waals surface area contributed by atoms with Crippen LogP contribution >= 0.6 is 0 Å². The summed E-state index contributed by atoms with van der Waals surface area (Å²) in [4.78, 5) is 26.0. The third kappa shape index (κ3) is 5.61. The zero-order valence-corrected chi connectivity index (χ0v) is 14.4. The van der Waals surface area contributed by atoms with Gasteiger partial charge in [-0.15, -0.1) is 0 Å². The highest BCUT2D eigenvalue weighted by molar-refractivity contribution is 5.92.